The quantitative estimate of drug-likeness (QED) is 0.594. The minimum absolute atomic E-state index is 0.565. The molecule has 0 aliphatic carbocycles. The molecule has 0 spiro atoms. The van der Waals surface area contributed by atoms with Gasteiger partial charge in [0.15, 0.2) is 5.76 Å². The van der Waals surface area contributed by atoms with Crippen LogP contribution in [0.25, 0.3) is 11.0 Å². The number of hydrazone groups is 1. The van der Waals surface area contributed by atoms with Crippen LogP contribution in [-0.4, -0.2) is 11.7 Å². The number of hydrogen-bond donors (Lipinski definition) is 2. The number of carbonyl (C=O) groups is 1. The average Bonchev–Trinajstić information content (AvgIpc) is 2.69. The van der Waals surface area contributed by atoms with Gasteiger partial charge in [0.1, 0.15) is 11.3 Å². The minimum Gasteiger partial charge on any atom is -0.455 e. The molecular formula is C11H11N3O2. The van der Waals surface area contributed by atoms with E-state index in [2.05, 4.69) is 10.5 Å². The summed E-state index contributed by atoms with van der Waals surface area (Å²) in [4.78, 5) is 10.5. The van der Waals surface area contributed by atoms with Crippen LogP contribution in [0.3, 0.4) is 0 Å². The molecule has 2 aromatic rings. The van der Waals surface area contributed by atoms with Gasteiger partial charge in [-0.2, -0.15) is 5.10 Å². The summed E-state index contributed by atoms with van der Waals surface area (Å²) >= 11 is 0. The van der Waals surface area contributed by atoms with E-state index in [1.54, 1.807) is 6.92 Å². The van der Waals surface area contributed by atoms with Gasteiger partial charge in [-0.05, 0) is 19.1 Å². The first-order chi connectivity index (χ1) is 7.66. The summed E-state index contributed by atoms with van der Waals surface area (Å²) in [5.74, 6) is 0.606. The monoisotopic (exact) mass is 217 g/mol. The van der Waals surface area contributed by atoms with Crippen molar-refractivity contribution in [3.05, 3.63) is 36.1 Å². The van der Waals surface area contributed by atoms with E-state index in [4.69, 9.17) is 10.2 Å². The molecule has 0 aliphatic heterocycles. The van der Waals surface area contributed by atoms with E-state index in [1.807, 2.05) is 30.3 Å². The molecule has 0 bridgehead atoms. The number of carbonyl (C=O) groups excluding carboxylic acids is 1. The third kappa shape index (κ3) is 2.03. The zero-order valence-corrected chi connectivity index (χ0v) is 8.73. The second kappa shape index (κ2) is 4.06. The van der Waals surface area contributed by atoms with Crippen LogP contribution in [0.4, 0.5) is 4.79 Å². The number of nitrogens with one attached hydrogen (secondary N) is 1. The number of furan rings is 1. The number of urea groups is 1. The number of nitrogens with two attached hydrogens (primary N) is 1. The maximum Gasteiger partial charge on any atom is 0.332 e. The van der Waals surface area contributed by atoms with E-state index in [9.17, 15) is 4.79 Å². The predicted molar refractivity (Wildman–Crippen MR) is 61.1 cm³/mol. The van der Waals surface area contributed by atoms with E-state index in [1.165, 1.54) is 0 Å². The van der Waals surface area contributed by atoms with Gasteiger partial charge in [0, 0.05) is 5.39 Å². The number of fused-ring (bicyclic) bond motifs is 1. The molecule has 0 radical (unpaired) electrons. The molecule has 0 fully saturated rings. The molecule has 1 heterocycles. The van der Waals surface area contributed by atoms with Crippen LogP contribution in [0.2, 0.25) is 0 Å². The molecule has 5 nitrogen and oxygen atoms in total. The lowest BCUT2D eigenvalue weighted by molar-refractivity contribution is 0.249. The van der Waals surface area contributed by atoms with Crippen molar-refractivity contribution >= 4 is 22.7 Å². The zero-order chi connectivity index (χ0) is 11.5. The van der Waals surface area contributed by atoms with Crippen molar-refractivity contribution in [1.29, 1.82) is 0 Å². The van der Waals surface area contributed by atoms with Crippen molar-refractivity contribution in [3.8, 4) is 0 Å². The fourth-order valence-corrected chi connectivity index (χ4v) is 1.35. The lowest BCUT2D eigenvalue weighted by atomic mass is 10.2. The lowest BCUT2D eigenvalue weighted by Crippen LogP contribution is -2.25. The summed E-state index contributed by atoms with van der Waals surface area (Å²) in [5, 5.41) is 4.78. The van der Waals surface area contributed by atoms with E-state index in [0.717, 1.165) is 11.0 Å². The minimum atomic E-state index is -0.699. The van der Waals surface area contributed by atoms with Gasteiger partial charge in [-0.3, -0.25) is 0 Å². The Morgan fingerprint density at radius 1 is 1.44 bits per heavy atom. The second-order valence-corrected chi connectivity index (χ2v) is 3.32. The van der Waals surface area contributed by atoms with Gasteiger partial charge in [-0.25, -0.2) is 10.2 Å². The third-order valence-electron chi connectivity index (χ3n) is 2.12. The van der Waals surface area contributed by atoms with Crippen molar-refractivity contribution in [2.75, 3.05) is 0 Å². The van der Waals surface area contributed by atoms with Gasteiger partial charge in [0.25, 0.3) is 0 Å². The summed E-state index contributed by atoms with van der Waals surface area (Å²) in [5.41, 5.74) is 8.41. The summed E-state index contributed by atoms with van der Waals surface area (Å²) in [6, 6.07) is 8.79. The first-order valence-electron chi connectivity index (χ1n) is 4.75. The summed E-state index contributed by atoms with van der Waals surface area (Å²) in [7, 11) is 0. The van der Waals surface area contributed by atoms with Gasteiger partial charge in [0.05, 0.1) is 0 Å². The summed E-state index contributed by atoms with van der Waals surface area (Å²) in [6.45, 7) is 1.73. The number of benzene rings is 1. The average molecular weight is 217 g/mol. The van der Waals surface area contributed by atoms with Gasteiger partial charge in [0.2, 0.25) is 0 Å². The Kier molecular flexibility index (Phi) is 2.59. The maximum atomic E-state index is 10.5. The highest BCUT2D eigenvalue weighted by Crippen LogP contribution is 2.19. The maximum absolute atomic E-state index is 10.5. The van der Waals surface area contributed by atoms with Crippen LogP contribution in [-0.2, 0) is 0 Å². The van der Waals surface area contributed by atoms with Crippen LogP contribution < -0.4 is 11.2 Å². The Labute approximate surface area is 91.9 Å². The fraction of sp³-hybridized carbons (Fsp3) is 0.0909. The number of nitrogens with zero attached hydrogens (tertiary/aromatic N) is 1. The van der Waals surface area contributed by atoms with Crippen LogP contribution in [0, 0.1) is 0 Å². The van der Waals surface area contributed by atoms with Crippen molar-refractivity contribution < 1.29 is 9.21 Å². The Hall–Kier alpha value is -2.30. The lowest BCUT2D eigenvalue weighted by Gasteiger charge is -1.95. The molecule has 0 saturated heterocycles. The third-order valence-corrected chi connectivity index (χ3v) is 2.12. The number of amides is 2. The Balaban J connectivity index is 2.33. The van der Waals surface area contributed by atoms with E-state index < -0.39 is 6.03 Å². The number of rotatable bonds is 2. The molecule has 2 amide bonds. The van der Waals surface area contributed by atoms with Gasteiger partial charge in [-0.1, -0.05) is 18.2 Å². The Bertz CT molecular complexity index is 524. The molecule has 16 heavy (non-hydrogen) atoms. The molecular weight excluding hydrogens is 206 g/mol. The summed E-state index contributed by atoms with van der Waals surface area (Å²) < 4.78 is 5.54. The van der Waals surface area contributed by atoms with E-state index in [-0.39, 0.29) is 0 Å². The van der Waals surface area contributed by atoms with Crippen LogP contribution in [0.5, 0.6) is 0 Å². The second-order valence-electron chi connectivity index (χ2n) is 3.32. The smallest absolute Gasteiger partial charge is 0.332 e. The first-order valence-corrected chi connectivity index (χ1v) is 4.75. The number of primary amides is 1. The van der Waals surface area contributed by atoms with Gasteiger partial charge >= 0.3 is 6.03 Å². The normalized spacial score (nSPS) is 11.7. The molecule has 82 valence electrons. The fourth-order valence-electron chi connectivity index (χ4n) is 1.35. The molecule has 0 saturated carbocycles. The standard InChI is InChI=1S/C11H11N3O2/c1-7(13-14-11(12)15)10-6-8-4-2-3-5-9(8)16-10/h2-6H,1H3,(H3,12,14,15)/b13-7-. The van der Waals surface area contributed by atoms with E-state index in [0.29, 0.717) is 11.5 Å². The topological polar surface area (TPSA) is 80.6 Å². The van der Waals surface area contributed by atoms with Gasteiger partial charge in [-0.15, -0.1) is 0 Å². The van der Waals surface area contributed by atoms with Crippen LogP contribution >= 0.6 is 0 Å². The molecule has 0 atom stereocenters. The Morgan fingerprint density at radius 2 is 2.19 bits per heavy atom. The highest BCUT2D eigenvalue weighted by molar-refractivity contribution is 6.00. The van der Waals surface area contributed by atoms with Crippen molar-refractivity contribution in [1.82, 2.24) is 5.43 Å². The van der Waals surface area contributed by atoms with Crippen LogP contribution in [0.15, 0.2) is 39.9 Å². The molecule has 0 aliphatic rings. The van der Waals surface area contributed by atoms with Crippen molar-refractivity contribution in [2.24, 2.45) is 10.8 Å². The summed E-state index contributed by atoms with van der Waals surface area (Å²) in [6.07, 6.45) is 0. The molecule has 5 heteroatoms. The van der Waals surface area contributed by atoms with E-state index >= 15 is 0 Å². The largest absolute Gasteiger partial charge is 0.455 e. The number of hydrogen-bond acceptors (Lipinski definition) is 3. The molecule has 3 N–H and O–H groups in total. The van der Waals surface area contributed by atoms with Gasteiger partial charge < -0.3 is 10.2 Å². The molecule has 1 aromatic carbocycles. The highest BCUT2D eigenvalue weighted by atomic mass is 16.3. The first kappa shape index (κ1) is 10.2. The van der Waals surface area contributed by atoms with Crippen molar-refractivity contribution in [3.63, 3.8) is 0 Å². The molecule has 0 unspecified atom stereocenters. The zero-order valence-electron chi connectivity index (χ0n) is 8.73. The SMILES string of the molecule is C/C(=N/NC(N)=O)c1cc2ccccc2o1. The highest BCUT2D eigenvalue weighted by Gasteiger charge is 2.05. The molecule has 1 aromatic heterocycles. The Morgan fingerprint density at radius 3 is 2.88 bits per heavy atom. The van der Waals surface area contributed by atoms with Crippen molar-refractivity contribution in [2.45, 2.75) is 6.92 Å². The van der Waals surface area contributed by atoms with Crippen LogP contribution in [0.1, 0.15) is 12.7 Å². The predicted octanol–water partition coefficient (Wildman–Crippen LogP) is 1.83. The molecule has 2 rings (SSSR count). The number of para-hydroxylation sites is 1.